The average molecular weight is 805 g/mol. The first-order valence-electron chi connectivity index (χ1n) is 19.7. The molecule has 0 atom stereocenters. The average Bonchev–Trinajstić information content (AvgIpc) is 3.63. The lowest BCUT2D eigenvalue weighted by atomic mass is 9.90. The van der Waals surface area contributed by atoms with Crippen molar-refractivity contribution >= 4 is 80.2 Å². The molecule has 0 spiro atoms. The Bertz CT molecular complexity index is 1560. The van der Waals surface area contributed by atoms with Gasteiger partial charge in [-0.2, -0.15) is 0 Å². The Morgan fingerprint density at radius 2 is 0.926 bits per heavy atom. The van der Waals surface area contributed by atoms with Crippen LogP contribution in [0.4, 0.5) is 0 Å². The fourth-order valence-electron chi connectivity index (χ4n) is 7.89. The van der Waals surface area contributed by atoms with Crippen molar-refractivity contribution in [1.82, 2.24) is 19.6 Å². The number of carbonyl (C=O) groups excluding carboxylic acids is 4. The van der Waals surface area contributed by atoms with E-state index in [4.69, 9.17) is 24.4 Å². The molecule has 0 bridgehead atoms. The van der Waals surface area contributed by atoms with Gasteiger partial charge in [0.25, 0.3) is 11.8 Å². The van der Waals surface area contributed by atoms with Gasteiger partial charge in [0.05, 0.1) is 9.81 Å². The third-order valence-corrected chi connectivity index (χ3v) is 14.1. The summed E-state index contributed by atoms with van der Waals surface area (Å²) in [7, 11) is 0. The molecule has 0 radical (unpaired) electrons. The van der Waals surface area contributed by atoms with Crippen molar-refractivity contribution in [1.29, 1.82) is 0 Å². The van der Waals surface area contributed by atoms with Crippen molar-refractivity contribution < 1.29 is 19.2 Å². The van der Waals surface area contributed by atoms with Crippen LogP contribution in [-0.4, -0.2) is 91.1 Å². The largest absolute Gasteiger partial charge is 0.343 e. The zero-order chi connectivity index (χ0) is 37.9. The normalized spacial score (nSPS) is 20.1. The van der Waals surface area contributed by atoms with Crippen LogP contribution in [0.5, 0.6) is 0 Å². The number of piperidine rings is 2. The molecule has 0 unspecified atom stereocenters. The molecule has 4 amide bonds. The van der Waals surface area contributed by atoms with E-state index in [-0.39, 0.29) is 23.6 Å². The molecule has 4 aliphatic rings. The van der Waals surface area contributed by atoms with Gasteiger partial charge in [-0.15, -0.1) is 0 Å². The Morgan fingerprint density at radius 1 is 0.556 bits per heavy atom. The Balaban J connectivity index is 0.847. The van der Waals surface area contributed by atoms with Gasteiger partial charge in [-0.05, 0) is 87.2 Å². The van der Waals surface area contributed by atoms with Crippen LogP contribution >= 0.6 is 48.0 Å². The summed E-state index contributed by atoms with van der Waals surface area (Å²) in [6.07, 6.45) is 12.1. The fraction of sp³-hybridized carbons (Fsp3) is 0.524. The van der Waals surface area contributed by atoms with E-state index in [2.05, 4.69) is 48.5 Å². The molecule has 2 aromatic carbocycles. The Morgan fingerprint density at radius 3 is 1.30 bits per heavy atom. The SMILES string of the molecule is O=C(CCCCCN1C(=O)C(=C2SC(=S)N(CCCCCC(=O)N3CCC(Cc4ccccc4)CC3)C2=O)SC1=S)N1CCC(Cc2ccccc2)CC1. The summed E-state index contributed by atoms with van der Waals surface area (Å²) in [5.74, 6) is 1.24. The Labute approximate surface area is 339 Å². The van der Waals surface area contributed by atoms with Gasteiger partial charge < -0.3 is 9.80 Å². The molecule has 2 aromatic rings. The third kappa shape index (κ3) is 11.0. The highest BCUT2D eigenvalue weighted by molar-refractivity contribution is 8.29. The number of hydrogen-bond donors (Lipinski definition) is 0. The van der Waals surface area contributed by atoms with Crippen LogP contribution in [0.15, 0.2) is 70.5 Å². The van der Waals surface area contributed by atoms with Crippen LogP contribution in [-0.2, 0) is 32.0 Å². The van der Waals surface area contributed by atoms with E-state index in [9.17, 15) is 19.2 Å². The number of unbranched alkanes of at least 4 members (excludes halogenated alkanes) is 4. The van der Waals surface area contributed by atoms with Gasteiger partial charge in [0, 0.05) is 52.1 Å². The van der Waals surface area contributed by atoms with E-state index in [0.717, 1.165) is 103 Å². The molecular formula is C42H52N4O4S4. The second kappa shape index (κ2) is 20.2. The van der Waals surface area contributed by atoms with Crippen molar-refractivity contribution in [2.45, 2.75) is 89.9 Å². The molecule has 0 aliphatic carbocycles. The lowest BCUT2D eigenvalue weighted by Gasteiger charge is -2.32. The zero-order valence-electron chi connectivity index (χ0n) is 31.1. The van der Waals surface area contributed by atoms with E-state index >= 15 is 0 Å². The first-order valence-corrected chi connectivity index (χ1v) is 22.2. The Hall–Kier alpha value is -3.06. The molecule has 0 saturated carbocycles. The van der Waals surface area contributed by atoms with E-state index < -0.39 is 0 Å². The predicted molar refractivity (Wildman–Crippen MR) is 227 cm³/mol. The Kier molecular flexibility index (Phi) is 15.2. The van der Waals surface area contributed by atoms with Gasteiger partial charge in [-0.25, -0.2) is 0 Å². The standard InChI is InChI=1S/C42H52N4O4S4/c47-35(43-25-19-33(20-26-43)29-31-13-5-1-6-14-31)17-9-3-11-23-45-39(49)37(53-41(45)51)38-40(50)46(42(52)54-38)24-12-4-10-18-36(48)44-27-21-34(22-28-44)30-32-15-7-2-8-16-32/h1-2,5-8,13-16,33-34H,3-4,9-12,17-30H2. The smallest absolute Gasteiger partial charge is 0.267 e. The van der Waals surface area contributed by atoms with Crippen molar-refractivity contribution in [2.75, 3.05) is 39.3 Å². The van der Waals surface area contributed by atoms with Crippen molar-refractivity contribution in [3.8, 4) is 0 Å². The molecule has 288 valence electrons. The molecule has 8 nitrogen and oxygen atoms in total. The van der Waals surface area contributed by atoms with Crippen molar-refractivity contribution in [3.05, 3.63) is 81.6 Å². The predicted octanol–water partition coefficient (Wildman–Crippen LogP) is 8.00. The van der Waals surface area contributed by atoms with E-state index in [1.54, 1.807) is 9.80 Å². The summed E-state index contributed by atoms with van der Waals surface area (Å²) in [6, 6.07) is 21.2. The highest BCUT2D eigenvalue weighted by atomic mass is 32.2. The summed E-state index contributed by atoms with van der Waals surface area (Å²) in [4.78, 5) is 60.5. The number of hydrogen-bond acceptors (Lipinski definition) is 8. The maximum Gasteiger partial charge on any atom is 0.267 e. The highest BCUT2D eigenvalue weighted by Gasteiger charge is 2.41. The van der Waals surface area contributed by atoms with Gasteiger partial charge in [-0.1, -0.05) is 121 Å². The van der Waals surface area contributed by atoms with Gasteiger partial charge in [-0.3, -0.25) is 29.0 Å². The lowest BCUT2D eigenvalue weighted by molar-refractivity contribution is -0.133. The monoisotopic (exact) mass is 804 g/mol. The van der Waals surface area contributed by atoms with Gasteiger partial charge in [0.15, 0.2) is 0 Å². The van der Waals surface area contributed by atoms with Gasteiger partial charge in [0.1, 0.15) is 8.64 Å². The molecular weight excluding hydrogens is 753 g/mol. The number of amides is 4. The number of benzene rings is 2. The van der Waals surface area contributed by atoms with Crippen molar-refractivity contribution in [2.24, 2.45) is 11.8 Å². The maximum absolute atomic E-state index is 13.4. The number of rotatable bonds is 16. The van der Waals surface area contributed by atoms with E-state index in [0.29, 0.717) is 56.2 Å². The summed E-state index contributed by atoms with van der Waals surface area (Å²) in [6.45, 7) is 4.26. The van der Waals surface area contributed by atoms with Crippen LogP contribution in [0.25, 0.3) is 0 Å². The number of nitrogens with zero attached hydrogens (tertiary/aromatic N) is 4. The van der Waals surface area contributed by atoms with E-state index in [1.807, 2.05) is 21.9 Å². The first-order chi connectivity index (χ1) is 26.3. The minimum Gasteiger partial charge on any atom is -0.343 e. The van der Waals surface area contributed by atoms with Crippen LogP contribution in [0.1, 0.15) is 88.2 Å². The van der Waals surface area contributed by atoms with Gasteiger partial charge in [0.2, 0.25) is 11.8 Å². The number of likely N-dealkylation sites (tertiary alicyclic amines) is 2. The first kappa shape index (κ1) is 40.6. The minimum atomic E-state index is -0.234. The van der Waals surface area contributed by atoms with Crippen LogP contribution < -0.4 is 0 Å². The van der Waals surface area contributed by atoms with Crippen molar-refractivity contribution in [3.63, 3.8) is 0 Å². The third-order valence-electron chi connectivity index (χ3n) is 11.1. The quantitative estimate of drug-likeness (QED) is 0.0961. The van der Waals surface area contributed by atoms with Crippen LogP contribution in [0.3, 0.4) is 0 Å². The molecule has 0 N–H and O–H groups in total. The molecule has 54 heavy (non-hydrogen) atoms. The maximum atomic E-state index is 13.4. The highest BCUT2D eigenvalue weighted by Crippen LogP contribution is 2.42. The molecule has 6 rings (SSSR count). The number of thiocarbonyl (C=S) groups is 2. The minimum absolute atomic E-state index is 0.222. The number of carbonyl (C=O) groups is 4. The lowest BCUT2D eigenvalue weighted by Crippen LogP contribution is -2.38. The second-order valence-electron chi connectivity index (χ2n) is 15.0. The molecule has 4 fully saturated rings. The van der Waals surface area contributed by atoms with Crippen LogP contribution in [0, 0.1) is 11.8 Å². The van der Waals surface area contributed by atoms with Crippen LogP contribution in [0.2, 0.25) is 0 Å². The molecule has 4 aliphatic heterocycles. The summed E-state index contributed by atoms with van der Waals surface area (Å²) >= 11 is 13.5. The topological polar surface area (TPSA) is 81.2 Å². The summed E-state index contributed by atoms with van der Waals surface area (Å²) < 4.78 is 0.916. The molecule has 0 aromatic heterocycles. The second-order valence-corrected chi connectivity index (χ2v) is 18.2. The fourth-order valence-corrected chi connectivity index (χ4v) is 10.7. The molecule has 4 saturated heterocycles. The zero-order valence-corrected chi connectivity index (χ0v) is 34.4. The number of thioether (sulfide) groups is 2. The summed E-state index contributed by atoms with van der Waals surface area (Å²) in [5.41, 5.74) is 2.74. The van der Waals surface area contributed by atoms with Gasteiger partial charge >= 0.3 is 0 Å². The summed E-state index contributed by atoms with van der Waals surface area (Å²) in [5, 5.41) is 0. The van der Waals surface area contributed by atoms with E-state index in [1.165, 1.54) is 34.7 Å². The molecule has 12 heteroatoms. The molecule has 4 heterocycles.